The summed E-state index contributed by atoms with van der Waals surface area (Å²) in [7, 11) is 101. The van der Waals surface area contributed by atoms with Gasteiger partial charge in [0.25, 0.3) is 0 Å². The van der Waals surface area contributed by atoms with E-state index in [2.05, 4.69) is 0 Å². The SMILES string of the molecule is [B]c1c([B])c([B])c(-c2c([B])c(-c3nc(-c4ccccc4)nc(-c4ccc(-c5ccccc5)cc4)n3)c([B])c(-c3c([B])c([B])c4c(sc5c([B])c([B])c([B])c([B])c54)c3[B])c2[B])c([B])c1[B]. The summed E-state index contributed by atoms with van der Waals surface area (Å²) in [6, 6.07) is 27.1. The maximum absolute atomic E-state index is 7.30. The van der Waals surface area contributed by atoms with E-state index in [9.17, 15) is 0 Å². The molecule has 3 nitrogen and oxygen atoms in total. The molecule has 7 aromatic carbocycles. The smallest absolute Gasteiger partial charge is 0.164 e. The molecular formula is C45H14B15N3S. The third-order valence-electron chi connectivity index (χ3n) is 11.6. The second kappa shape index (κ2) is 16.6. The first-order valence-corrected chi connectivity index (χ1v) is 20.3. The average Bonchev–Trinajstić information content (AvgIpc) is 3.72. The molecule has 0 N–H and O–H groups in total. The van der Waals surface area contributed by atoms with Gasteiger partial charge in [0.2, 0.25) is 0 Å². The van der Waals surface area contributed by atoms with Crippen LogP contribution >= 0.6 is 11.3 Å². The summed E-state index contributed by atoms with van der Waals surface area (Å²) >= 11 is 1.18. The Morgan fingerprint density at radius 1 is 0.250 bits per heavy atom. The molecule has 9 aromatic rings. The number of benzene rings is 7. The highest BCUT2D eigenvalue weighted by Gasteiger charge is 2.28. The monoisotopic (exact) mass is 793 g/mol. The second-order valence-corrected chi connectivity index (χ2v) is 16.2. The van der Waals surface area contributed by atoms with Gasteiger partial charge in [-0.2, -0.15) is 0 Å². The van der Waals surface area contributed by atoms with E-state index >= 15 is 0 Å². The minimum absolute atomic E-state index is 0.0183. The van der Waals surface area contributed by atoms with E-state index < -0.39 is 0 Å². The average molecular weight is 791 g/mol. The summed E-state index contributed by atoms with van der Waals surface area (Å²) in [6.07, 6.45) is 0. The van der Waals surface area contributed by atoms with Crippen molar-refractivity contribution in [2.24, 2.45) is 0 Å². The molecule has 0 aliphatic heterocycles. The van der Waals surface area contributed by atoms with E-state index in [1.807, 2.05) is 84.9 Å². The summed E-state index contributed by atoms with van der Waals surface area (Å²) in [5.41, 5.74) is 4.08. The van der Waals surface area contributed by atoms with Crippen LogP contribution in [0.1, 0.15) is 0 Å². The van der Waals surface area contributed by atoms with Crippen molar-refractivity contribution in [3.8, 4) is 67.5 Å². The van der Waals surface area contributed by atoms with Crippen LogP contribution in [0.3, 0.4) is 0 Å². The van der Waals surface area contributed by atoms with E-state index in [1.54, 1.807) is 0 Å². The van der Waals surface area contributed by atoms with Gasteiger partial charge < -0.3 is 0 Å². The van der Waals surface area contributed by atoms with Gasteiger partial charge in [-0.3, -0.25) is 0 Å². The maximum Gasteiger partial charge on any atom is 0.164 e. The highest BCUT2D eigenvalue weighted by atomic mass is 32.1. The van der Waals surface area contributed by atoms with E-state index in [4.69, 9.17) is 133 Å². The molecule has 0 aliphatic carbocycles. The Hall–Kier alpha value is -5.26. The number of aromatic nitrogens is 3. The lowest BCUT2D eigenvalue weighted by atomic mass is 9.56. The van der Waals surface area contributed by atoms with Gasteiger partial charge in [-0.25, -0.2) is 15.0 Å². The van der Waals surface area contributed by atoms with Crippen LogP contribution in [-0.2, 0) is 0 Å². The minimum atomic E-state index is -0.0689. The minimum Gasteiger partial charge on any atom is -0.208 e. The van der Waals surface area contributed by atoms with Crippen LogP contribution in [-0.4, -0.2) is 133 Å². The molecule has 0 bridgehead atoms. The first-order valence-electron chi connectivity index (χ1n) is 19.5. The van der Waals surface area contributed by atoms with Crippen molar-refractivity contribution in [1.29, 1.82) is 0 Å². The Morgan fingerprint density at radius 2 is 0.562 bits per heavy atom. The first kappa shape index (κ1) is 44.0. The van der Waals surface area contributed by atoms with Gasteiger partial charge >= 0.3 is 0 Å². The van der Waals surface area contributed by atoms with Gasteiger partial charge in [-0.05, 0) is 44.2 Å². The lowest BCUT2D eigenvalue weighted by Gasteiger charge is -2.30. The fraction of sp³-hybridized carbons (Fsp3) is 0. The molecule has 0 atom stereocenters. The van der Waals surface area contributed by atoms with Crippen molar-refractivity contribution in [1.82, 2.24) is 15.0 Å². The second-order valence-electron chi connectivity index (χ2n) is 15.2. The summed E-state index contributed by atoms with van der Waals surface area (Å²) in [5, 5.41) is 0.839. The highest BCUT2D eigenvalue weighted by Crippen LogP contribution is 2.32. The van der Waals surface area contributed by atoms with Crippen molar-refractivity contribution < 1.29 is 0 Å². The zero-order valence-electron chi connectivity index (χ0n) is 34.0. The molecule has 9 rings (SSSR count). The van der Waals surface area contributed by atoms with Gasteiger partial charge in [0.05, 0.1) is 0 Å². The number of hydrogen-bond acceptors (Lipinski definition) is 4. The number of thiophene rings is 1. The van der Waals surface area contributed by atoms with Crippen molar-refractivity contribution >= 4 is 231 Å². The molecule has 2 heterocycles. The van der Waals surface area contributed by atoms with Gasteiger partial charge in [0.15, 0.2) is 17.5 Å². The molecule has 30 radical (unpaired) electrons. The van der Waals surface area contributed by atoms with Crippen LogP contribution in [0.25, 0.3) is 87.7 Å². The summed E-state index contributed by atoms with van der Waals surface area (Å²) < 4.78 is 0.927. The van der Waals surface area contributed by atoms with E-state index in [-0.39, 0.29) is 116 Å². The Kier molecular flexibility index (Phi) is 11.4. The molecule has 0 unspecified atom stereocenters. The predicted molar refractivity (Wildman–Crippen MR) is 286 cm³/mol. The fourth-order valence-corrected chi connectivity index (χ4v) is 9.42. The van der Waals surface area contributed by atoms with Crippen molar-refractivity contribution in [2.45, 2.75) is 0 Å². The number of nitrogens with zero attached hydrogens (tertiary/aromatic N) is 3. The van der Waals surface area contributed by atoms with Gasteiger partial charge in [-0.15, -0.1) is 38.7 Å². The Balaban J connectivity index is 1.40. The van der Waals surface area contributed by atoms with Gasteiger partial charge in [-0.1, -0.05) is 140 Å². The lowest BCUT2D eigenvalue weighted by molar-refractivity contribution is 1.08. The van der Waals surface area contributed by atoms with Crippen LogP contribution < -0.4 is 81.9 Å². The molecule has 0 fully saturated rings. The molecule has 0 amide bonds. The summed E-state index contributed by atoms with van der Waals surface area (Å²) in [6.45, 7) is 0. The molecule has 0 saturated carbocycles. The normalized spacial score (nSPS) is 11.4. The Labute approximate surface area is 396 Å². The van der Waals surface area contributed by atoms with Crippen LogP contribution in [0.4, 0.5) is 0 Å². The molecule has 0 spiro atoms. The zero-order valence-corrected chi connectivity index (χ0v) is 34.8. The molecule has 260 valence electrons. The molecule has 19 heteroatoms. The Bertz CT molecular complexity index is 3410. The number of fused-ring (bicyclic) bond motifs is 3. The van der Waals surface area contributed by atoms with Crippen LogP contribution in [0.5, 0.6) is 0 Å². The van der Waals surface area contributed by atoms with Crippen LogP contribution in [0, 0.1) is 0 Å². The number of rotatable bonds is 6. The molecule has 0 aliphatic rings. The van der Waals surface area contributed by atoms with E-state index in [0.29, 0.717) is 42.9 Å². The van der Waals surface area contributed by atoms with Crippen molar-refractivity contribution in [3.63, 3.8) is 0 Å². The Morgan fingerprint density at radius 3 is 1.09 bits per heavy atom. The lowest BCUT2D eigenvalue weighted by Crippen LogP contribution is -2.56. The summed E-state index contributed by atoms with van der Waals surface area (Å²) in [5.74, 6) is 0.641. The van der Waals surface area contributed by atoms with E-state index in [1.165, 1.54) is 11.3 Å². The maximum atomic E-state index is 7.30. The number of hydrogen-bond donors (Lipinski definition) is 0. The predicted octanol–water partition coefficient (Wildman–Crippen LogP) is -5.85. The molecular weight excluding hydrogens is 777 g/mol. The summed E-state index contributed by atoms with van der Waals surface area (Å²) in [4.78, 5) is 14.9. The third-order valence-corrected chi connectivity index (χ3v) is 12.8. The fourth-order valence-electron chi connectivity index (χ4n) is 8.15. The molecule has 64 heavy (non-hydrogen) atoms. The van der Waals surface area contributed by atoms with Crippen molar-refractivity contribution in [2.75, 3.05) is 0 Å². The molecule has 0 saturated heterocycles. The molecule has 2 aromatic heterocycles. The van der Waals surface area contributed by atoms with Crippen molar-refractivity contribution in [3.05, 3.63) is 84.9 Å². The highest BCUT2D eigenvalue weighted by molar-refractivity contribution is 7.28. The standard InChI is InChI=1S/C45H14B15N3S/c46-26-19(21-30(50)35(55)38(58)36(56)31(21)51)27(47)25(28(48)20(26)22-29(49)32(52)23-24-33(53)37(57)39(59)40(60)42(24)64-41(23)34(22)54)45-62-43(17-9-5-2-6-10-17)61-44(63-45)18-13-11-16(12-14-18)15-7-3-1-4-8-15/h1-14H. The van der Waals surface area contributed by atoms with Gasteiger partial charge in [0.1, 0.15) is 118 Å². The van der Waals surface area contributed by atoms with Gasteiger partial charge in [0, 0.05) is 26.1 Å². The quantitative estimate of drug-likeness (QED) is 0.158. The zero-order chi connectivity index (χ0) is 45.6. The first-order chi connectivity index (χ1) is 30.5. The van der Waals surface area contributed by atoms with Crippen LogP contribution in [0.2, 0.25) is 0 Å². The van der Waals surface area contributed by atoms with E-state index in [0.717, 1.165) is 11.1 Å². The topological polar surface area (TPSA) is 38.7 Å². The largest absolute Gasteiger partial charge is 0.208 e. The third kappa shape index (κ3) is 6.82. The van der Waals surface area contributed by atoms with Crippen LogP contribution in [0.15, 0.2) is 84.9 Å².